The summed E-state index contributed by atoms with van der Waals surface area (Å²) in [4.78, 5) is 8.31. The molecular formula is C26H32FN7O3. The van der Waals surface area contributed by atoms with Crippen LogP contribution in [0.1, 0.15) is 51.0 Å². The zero-order chi connectivity index (χ0) is 30.2. The molecule has 0 aromatic carbocycles. The smallest absolute Gasteiger partial charge is 0.250 e. The Morgan fingerprint density at radius 3 is 2.92 bits per heavy atom. The number of aryl methyl sites for hydroxylation is 1. The van der Waals surface area contributed by atoms with Gasteiger partial charge in [-0.3, -0.25) is 9.36 Å². The van der Waals surface area contributed by atoms with Gasteiger partial charge in [0.25, 0.3) is 5.88 Å². The predicted molar refractivity (Wildman–Crippen MR) is 137 cm³/mol. The highest BCUT2D eigenvalue weighted by molar-refractivity contribution is 5.93. The molecule has 5 rings (SSSR count). The average molecular weight is 515 g/mol. The Labute approximate surface area is 221 Å². The monoisotopic (exact) mass is 514 g/mol. The number of rotatable bonds is 9. The van der Waals surface area contributed by atoms with Crippen molar-refractivity contribution in [2.45, 2.75) is 64.3 Å². The first-order valence-electron chi connectivity index (χ1n) is 14.6. The fraction of sp³-hybridized carbons (Fsp3) is 0.462. The van der Waals surface area contributed by atoms with Gasteiger partial charge in [-0.1, -0.05) is 0 Å². The highest BCUT2D eigenvalue weighted by Crippen LogP contribution is 2.36. The maximum absolute atomic E-state index is 14.4. The van der Waals surface area contributed by atoms with Crippen LogP contribution in [-0.2, 0) is 6.54 Å². The van der Waals surface area contributed by atoms with Gasteiger partial charge in [0.2, 0.25) is 0 Å². The summed E-state index contributed by atoms with van der Waals surface area (Å²) in [5.41, 5.74) is 2.27. The lowest BCUT2D eigenvalue weighted by Gasteiger charge is -2.29. The molecule has 0 saturated heterocycles. The van der Waals surface area contributed by atoms with Crippen molar-refractivity contribution in [1.29, 1.82) is 0 Å². The van der Waals surface area contributed by atoms with Crippen molar-refractivity contribution in [2.24, 2.45) is 0 Å². The summed E-state index contributed by atoms with van der Waals surface area (Å²) in [5, 5.41) is 31.2. The number of ether oxygens (including phenoxy) is 1. The van der Waals surface area contributed by atoms with E-state index in [9.17, 15) is 14.6 Å². The topological polar surface area (TPSA) is 123 Å². The van der Waals surface area contributed by atoms with Gasteiger partial charge in [-0.15, -0.1) is 0 Å². The van der Waals surface area contributed by atoms with Crippen LogP contribution in [0.25, 0.3) is 22.2 Å². The quantitative estimate of drug-likeness (QED) is 0.310. The Bertz CT molecular complexity index is 1550. The van der Waals surface area contributed by atoms with Crippen molar-refractivity contribution in [1.82, 2.24) is 29.5 Å². The van der Waals surface area contributed by atoms with Gasteiger partial charge in [-0.2, -0.15) is 10.2 Å². The van der Waals surface area contributed by atoms with Crippen molar-refractivity contribution in [3.63, 3.8) is 0 Å². The van der Waals surface area contributed by atoms with E-state index in [1.807, 2.05) is 4.68 Å². The van der Waals surface area contributed by atoms with E-state index in [4.69, 9.17) is 16.7 Å². The van der Waals surface area contributed by atoms with E-state index in [1.54, 1.807) is 31.5 Å². The van der Waals surface area contributed by atoms with Crippen LogP contribution >= 0.6 is 0 Å². The number of aliphatic hydroxyl groups is 2. The molecule has 4 aromatic heterocycles. The second-order valence-electron chi connectivity index (χ2n) is 9.21. The van der Waals surface area contributed by atoms with Gasteiger partial charge in [0.05, 0.1) is 37.0 Å². The van der Waals surface area contributed by atoms with E-state index < -0.39 is 31.9 Å². The lowest BCUT2D eigenvalue weighted by atomic mass is 9.93. The van der Waals surface area contributed by atoms with Crippen LogP contribution in [0, 0.1) is 12.7 Å². The van der Waals surface area contributed by atoms with Crippen LogP contribution in [0.4, 0.5) is 10.2 Å². The van der Waals surface area contributed by atoms with Crippen molar-refractivity contribution in [3.8, 4) is 17.1 Å². The van der Waals surface area contributed by atoms with E-state index in [-0.39, 0.29) is 30.4 Å². The molecule has 1 fully saturated rings. The summed E-state index contributed by atoms with van der Waals surface area (Å²) in [5.74, 6) is -0.450. The van der Waals surface area contributed by atoms with Crippen LogP contribution in [0.2, 0.25) is 0 Å². The molecule has 10 nitrogen and oxygen atoms in total. The van der Waals surface area contributed by atoms with Gasteiger partial charge in [0.15, 0.2) is 5.82 Å². The second-order valence-corrected chi connectivity index (χ2v) is 9.21. The van der Waals surface area contributed by atoms with Crippen LogP contribution < -0.4 is 10.1 Å². The van der Waals surface area contributed by atoms with Gasteiger partial charge in [0.1, 0.15) is 17.6 Å². The lowest BCUT2D eigenvalue weighted by molar-refractivity contribution is 0.0783. The Hall–Kier alpha value is -3.57. The minimum Gasteiger partial charge on any atom is -0.472 e. The third-order valence-corrected chi connectivity index (χ3v) is 6.62. The summed E-state index contributed by atoms with van der Waals surface area (Å²) in [6.07, 6.45) is 7.63. The number of pyridine rings is 2. The van der Waals surface area contributed by atoms with Gasteiger partial charge in [-0.05, 0) is 51.1 Å². The van der Waals surface area contributed by atoms with Gasteiger partial charge < -0.3 is 20.3 Å². The summed E-state index contributed by atoms with van der Waals surface area (Å²) < 4.78 is 62.2. The highest BCUT2D eigenvalue weighted by Gasteiger charge is 2.28. The Morgan fingerprint density at radius 2 is 2.14 bits per heavy atom. The highest BCUT2D eigenvalue weighted by atomic mass is 19.1. The number of nitrogens with one attached hydrogen (secondary N) is 1. The average Bonchev–Trinajstić information content (AvgIpc) is 3.55. The molecule has 1 saturated carbocycles. The molecule has 0 radical (unpaired) electrons. The first-order valence-corrected chi connectivity index (χ1v) is 12.1. The first-order chi connectivity index (χ1) is 19.9. The molecule has 0 bridgehead atoms. The van der Waals surface area contributed by atoms with Crippen molar-refractivity contribution < 1.29 is 26.2 Å². The molecule has 1 aliphatic rings. The van der Waals surface area contributed by atoms with E-state index in [0.29, 0.717) is 53.4 Å². The van der Waals surface area contributed by atoms with E-state index >= 15 is 0 Å². The van der Waals surface area contributed by atoms with E-state index in [0.717, 1.165) is 0 Å². The number of hydrogen-bond donors (Lipinski definition) is 3. The number of aromatic nitrogens is 6. The number of nitrogens with zero attached hydrogens (tertiary/aromatic N) is 6. The Balaban J connectivity index is 1.45. The molecule has 3 N–H and O–H groups in total. The molecule has 37 heavy (non-hydrogen) atoms. The zero-order valence-corrected chi connectivity index (χ0v) is 20.3. The SMILES string of the molecule is [2H]C([2H])([2H])C([2H])([2H])Nc1cc2c(cn1)c(-c1cnn(C[C@@H](O)CO)c1)nn2C1CCC(Oc2nccc(C)c2F)CC1. The minimum absolute atomic E-state index is 0.0149. The molecule has 0 amide bonds. The molecule has 196 valence electrons. The van der Waals surface area contributed by atoms with Gasteiger partial charge in [0, 0.05) is 49.0 Å². The van der Waals surface area contributed by atoms with Gasteiger partial charge >= 0.3 is 0 Å². The van der Waals surface area contributed by atoms with Crippen LogP contribution in [0.5, 0.6) is 5.88 Å². The number of anilines is 1. The number of fused-ring (bicyclic) bond motifs is 1. The summed E-state index contributed by atoms with van der Waals surface area (Å²) in [6.45, 7) is -4.31. The molecule has 4 aromatic rings. The largest absolute Gasteiger partial charge is 0.472 e. The second kappa shape index (κ2) is 10.8. The molecule has 0 spiro atoms. The number of aliphatic hydroxyl groups excluding tert-OH is 2. The standard InChI is InChI=1S/C26H32FN7O3/c1-3-28-23-10-22-21(12-30-23)25(17-11-31-33(13-17)14-19(36)15-35)32-34(22)18-4-6-20(7-5-18)37-26-24(27)16(2)8-9-29-26/h8-13,18-20,35-36H,3-7,14-15H2,1-2H3,(H,28,30)/t18?,19-,20?/m1/s1/i1D3,3D2. The van der Waals surface area contributed by atoms with Crippen LogP contribution in [0.3, 0.4) is 0 Å². The van der Waals surface area contributed by atoms with Crippen molar-refractivity contribution in [3.05, 3.63) is 48.3 Å². The minimum atomic E-state index is -2.92. The third kappa shape index (κ3) is 5.28. The fourth-order valence-corrected chi connectivity index (χ4v) is 4.68. The summed E-state index contributed by atoms with van der Waals surface area (Å²) >= 11 is 0. The molecule has 1 aliphatic carbocycles. The van der Waals surface area contributed by atoms with E-state index in [1.165, 1.54) is 17.1 Å². The summed E-state index contributed by atoms with van der Waals surface area (Å²) in [7, 11) is 0. The van der Waals surface area contributed by atoms with Crippen molar-refractivity contribution in [2.75, 3.05) is 18.4 Å². The van der Waals surface area contributed by atoms with Gasteiger partial charge in [-0.25, -0.2) is 14.4 Å². The fourth-order valence-electron chi connectivity index (χ4n) is 4.68. The number of hydrogen-bond acceptors (Lipinski definition) is 8. The van der Waals surface area contributed by atoms with Crippen LogP contribution in [0.15, 0.2) is 36.9 Å². The molecule has 4 heterocycles. The molecule has 0 unspecified atom stereocenters. The molecule has 11 heteroatoms. The molecule has 1 atom stereocenters. The number of halogens is 1. The molecular weight excluding hydrogens is 477 g/mol. The van der Waals surface area contributed by atoms with E-state index in [2.05, 4.69) is 20.4 Å². The first kappa shape index (κ1) is 19.5. The maximum atomic E-state index is 14.4. The maximum Gasteiger partial charge on any atom is 0.250 e. The Morgan fingerprint density at radius 1 is 1.30 bits per heavy atom. The third-order valence-electron chi connectivity index (χ3n) is 6.62. The lowest BCUT2D eigenvalue weighted by Crippen LogP contribution is -2.27. The summed E-state index contributed by atoms with van der Waals surface area (Å²) in [6, 6.07) is 3.07. The van der Waals surface area contributed by atoms with Crippen LogP contribution in [-0.4, -0.2) is 65.1 Å². The normalized spacial score (nSPS) is 21.5. The predicted octanol–water partition coefficient (Wildman–Crippen LogP) is 3.49. The van der Waals surface area contributed by atoms with Crippen molar-refractivity contribution >= 4 is 16.7 Å². The zero-order valence-electron chi connectivity index (χ0n) is 25.3. The Kier molecular flexibility index (Phi) is 5.71. The molecule has 0 aliphatic heterocycles.